The largest absolute Gasteiger partial charge is 0.347 e. The van der Waals surface area contributed by atoms with E-state index in [4.69, 9.17) is 5.73 Å². The Bertz CT molecular complexity index is 296. The van der Waals surface area contributed by atoms with E-state index in [-0.39, 0.29) is 36.8 Å². The second kappa shape index (κ2) is 10.8. The number of carbonyl (C=O) groups is 1. The fraction of sp³-hybridized carbons (Fsp3) is 0.600. The van der Waals surface area contributed by atoms with Crippen LogP contribution >= 0.6 is 36.2 Å². The van der Waals surface area contributed by atoms with E-state index in [2.05, 4.69) is 17.2 Å². The standard InChI is InChI=1S/C10H17N3OS.2ClH/c1-2-3-4-8(5-11)13-10(14)9-6-15-7-12-9;;/h6-8H,2-5,11H2,1H3,(H,13,14);2*1H. The second-order valence-electron chi connectivity index (χ2n) is 3.42. The summed E-state index contributed by atoms with van der Waals surface area (Å²) in [4.78, 5) is 15.6. The van der Waals surface area contributed by atoms with Gasteiger partial charge in [0.1, 0.15) is 5.69 Å². The molecule has 1 amide bonds. The molecule has 0 fully saturated rings. The Morgan fingerprint density at radius 3 is 2.76 bits per heavy atom. The normalized spacial score (nSPS) is 10.9. The summed E-state index contributed by atoms with van der Waals surface area (Å²) in [5.41, 5.74) is 7.72. The SMILES string of the molecule is CCCCC(CN)NC(=O)c1cscn1.Cl.Cl. The van der Waals surface area contributed by atoms with Crippen LogP contribution in [0.4, 0.5) is 0 Å². The topological polar surface area (TPSA) is 68.0 Å². The highest BCUT2D eigenvalue weighted by molar-refractivity contribution is 7.07. The number of carbonyl (C=O) groups excluding carboxylic acids is 1. The lowest BCUT2D eigenvalue weighted by Gasteiger charge is -2.15. The van der Waals surface area contributed by atoms with Crippen molar-refractivity contribution in [3.63, 3.8) is 0 Å². The number of unbranched alkanes of at least 4 members (excludes halogenated alkanes) is 1. The third-order valence-electron chi connectivity index (χ3n) is 2.19. The number of thiazole rings is 1. The molecule has 0 aliphatic carbocycles. The van der Waals surface area contributed by atoms with Crippen molar-refractivity contribution < 1.29 is 4.79 Å². The Kier molecular flexibility index (Phi) is 12.0. The number of amides is 1. The van der Waals surface area contributed by atoms with Gasteiger partial charge in [-0.25, -0.2) is 4.98 Å². The van der Waals surface area contributed by atoms with Gasteiger partial charge in [-0.2, -0.15) is 0 Å². The molecule has 100 valence electrons. The maximum absolute atomic E-state index is 11.6. The van der Waals surface area contributed by atoms with E-state index in [9.17, 15) is 4.79 Å². The van der Waals surface area contributed by atoms with Crippen molar-refractivity contribution in [3.05, 3.63) is 16.6 Å². The summed E-state index contributed by atoms with van der Waals surface area (Å²) >= 11 is 1.42. The third-order valence-corrected chi connectivity index (χ3v) is 2.78. The molecular weight excluding hydrogens is 281 g/mol. The molecule has 0 aliphatic rings. The van der Waals surface area contributed by atoms with Gasteiger partial charge in [-0.15, -0.1) is 36.2 Å². The van der Waals surface area contributed by atoms with Crippen LogP contribution in [0.2, 0.25) is 0 Å². The van der Waals surface area contributed by atoms with Crippen LogP contribution in [0.15, 0.2) is 10.9 Å². The Morgan fingerprint density at radius 2 is 2.29 bits per heavy atom. The predicted molar refractivity (Wildman–Crippen MR) is 76.4 cm³/mol. The molecule has 0 aliphatic heterocycles. The maximum Gasteiger partial charge on any atom is 0.271 e. The number of nitrogens with two attached hydrogens (primary N) is 1. The van der Waals surface area contributed by atoms with Crippen LogP contribution in [0.5, 0.6) is 0 Å². The molecule has 0 saturated carbocycles. The van der Waals surface area contributed by atoms with Crippen LogP contribution in [0, 0.1) is 0 Å². The van der Waals surface area contributed by atoms with E-state index in [1.807, 2.05) is 0 Å². The van der Waals surface area contributed by atoms with Crippen molar-refractivity contribution in [3.8, 4) is 0 Å². The summed E-state index contributed by atoms with van der Waals surface area (Å²) in [5.74, 6) is -0.122. The van der Waals surface area contributed by atoms with Gasteiger partial charge in [-0.3, -0.25) is 4.79 Å². The summed E-state index contributed by atoms with van der Waals surface area (Å²) < 4.78 is 0. The number of halogens is 2. The first kappa shape index (κ1) is 19.0. The van der Waals surface area contributed by atoms with Gasteiger partial charge in [0.25, 0.3) is 5.91 Å². The van der Waals surface area contributed by atoms with Gasteiger partial charge in [0.2, 0.25) is 0 Å². The van der Waals surface area contributed by atoms with Crippen LogP contribution in [0.1, 0.15) is 36.7 Å². The van der Waals surface area contributed by atoms with Crippen molar-refractivity contribution >= 4 is 42.1 Å². The molecule has 4 nitrogen and oxygen atoms in total. The lowest BCUT2D eigenvalue weighted by atomic mass is 10.1. The molecule has 0 radical (unpaired) electrons. The van der Waals surface area contributed by atoms with Crippen LogP contribution in [-0.2, 0) is 0 Å². The number of hydrogen-bond acceptors (Lipinski definition) is 4. The first-order valence-corrected chi connectivity index (χ1v) is 6.11. The molecule has 1 heterocycles. The summed E-state index contributed by atoms with van der Waals surface area (Å²) in [5, 5.41) is 4.62. The first-order chi connectivity index (χ1) is 7.27. The van der Waals surface area contributed by atoms with Crippen molar-refractivity contribution in [2.24, 2.45) is 5.73 Å². The van der Waals surface area contributed by atoms with Gasteiger partial charge in [0, 0.05) is 18.0 Å². The molecule has 0 spiro atoms. The van der Waals surface area contributed by atoms with E-state index in [1.54, 1.807) is 10.9 Å². The lowest BCUT2D eigenvalue weighted by Crippen LogP contribution is -2.40. The number of nitrogens with zero attached hydrogens (tertiary/aromatic N) is 1. The zero-order chi connectivity index (χ0) is 11.1. The van der Waals surface area contributed by atoms with Crippen LogP contribution in [-0.4, -0.2) is 23.5 Å². The zero-order valence-corrected chi connectivity index (χ0v) is 12.2. The van der Waals surface area contributed by atoms with Crippen LogP contribution in [0.25, 0.3) is 0 Å². The first-order valence-electron chi connectivity index (χ1n) is 5.17. The molecular formula is C10H19Cl2N3OS. The lowest BCUT2D eigenvalue weighted by molar-refractivity contribution is 0.0931. The van der Waals surface area contributed by atoms with E-state index in [0.717, 1.165) is 19.3 Å². The molecule has 3 N–H and O–H groups in total. The average Bonchev–Trinajstić information content (AvgIpc) is 2.77. The Hall–Kier alpha value is -0.360. The quantitative estimate of drug-likeness (QED) is 0.846. The molecule has 1 aromatic rings. The van der Waals surface area contributed by atoms with Gasteiger partial charge < -0.3 is 11.1 Å². The van der Waals surface area contributed by atoms with Crippen molar-refractivity contribution in [1.29, 1.82) is 0 Å². The number of rotatable bonds is 6. The van der Waals surface area contributed by atoms with Gasteiger partial charge in [-0.1, -0.05) is 19.8 Å². The molecule has 0 saturated heterocycles. The molecule has 1 atom stereocenters. The minimum atomic E-state index is -0.122. The highest BCUT2D eigenvalue weighted by Crippen LogP contribution is 2.03. The smallest absolute Gasteiger partial charge is 0.271 e. The van der Waals surface area contributed by atoms with Crippen molar-refractivity contribution in [2.75, 3.05) is 6.54 Å². The van der Waals surface area contributed by atoms with E-state index >= 15 is 0 Å². The van der Waals surface area contributed by atoms with Crippen LogP contribution in [0.3, 0.4) is 0 Å². The van der Waals surface area contributed by atoms with Gasteiger partial charge in [0.15, 0.2) is 0 Å². The predicted octanol–water partition coefficient (Wildman–Crippen LogP) is 2.23. The van der Waals surface area contributed by atoms with Crippen molar-refractivity contribution in [2.45, 2.75) is 32.2 Å². The van der Waals surface area contributed by atoms with Crippen molar-refractivity contribution in [1.82, 2.24) is 10.3 Å². The van der Waals surface area contributed by atoms with E-state index < -0.39 is 0 Å². The second-order valence-corrected chi connectivity index (χ2v) is 4.14. The number of nitrogens with one attached hydrogen (secondary N) is 1. The molecule has 0 bridgehead atoms. The molecule has 1 unspecified atom stereocenters. The number of hydrogen-bond donors (Lipinski definition) is 2. The zero-order valence-electron chi connectivity index (χ0n) is 9.72. The molecule has 17 heavy (non-hydrogen) atoms. The average molecular weight is 300 g/mol. The maximum atomic E-state index is 11.6. The minimum Gasteiger partial charge on any atom is -0.347 e. The molecule has 7 heteroatoms. The van der Waals surface area contributed by atoms with Crippen LogP contribution < -0.4 is 11.1 Å². The number of aromatic nitrogens is 1. The van der Waals surface area contributed by atoms with E-state index in [0.29, 0.717) is 12.2 Å². The minimum absolute atomic E-state index is 0. The monoisotopic (exact) mass is 299 g/mol. The third kappa shape index (κ3) is 6.83. The fourth-order valence-electron chi connectivity index (χ4n) is 1.28. The highest BCUT2D eigenvalue weighted by Gasteiger charge is 2.12. The van der Waals surface area contributed by atoms with E-state index in [1.165, 1.54) is 11.3 Å². The Labute approximate surface area is 118 Å². The molecule has 1 rings (SSSR count). The fourth-order valence-corrected chi connectivity index (χ4v) is 1.82. The summed E-state index contributed by atoms with van der Waals surface area (Å²) in [7, 11) is 0. The summed E-state index contributed by atoms with van der Waals surface area (Å²) in [6.07, 6.45) is 3.13. The Morgan fingerprint density at radius 1 is 1.59 bits per heavy atom. The van der Waals surface area contributed by atoms with Gasteiger partial charge in [-0.05, 0) is 6.42 Å². The summed E-state index contributed by atoms with van der Waals surface area (Å²) in [6, 6.07) is 0.0687. The Balaban J connectivity index is 0. The molecule has 0 aromatic carbocycles. The molecule has 1 aromatic heterocycles. The van der Waals surface area contributed by atoms with Gasteiger partial charge >= 0.3 is 0 Å². The summed E-state index contributed by atoms with van der Waals surface area (Å²) in [6.45, 7) is 2.60. The van der Waals surface area contributed by atoms with Gasteiger partial charge in [0.05, 0.1) is 5.51 Å². The highest BCUT2D eigenvalue weighted by atomic mass is 35.5.